The quantitative estimate of drug-likeness (QED) is 0.268. The topological polar surface area (TPSA) is 108 Å². The molecule has 0 saturated heterocycles. The molecule has 0 aromatic heterocycles. The lowest BCUT2D eigenvalue weighted by atomic mass is 10.3. The first kappa shape index (κ1) is 25.0. The van der Waals surface area contributed by atoms with Gasteiger partial charge in [-0.05, 0) is 12.8 Å². The van der Waals surface area contributed by atoms with E-state index in [1.807, 2.05) is 35.0 Å². The fraction of sp³-hybridized carbons (Fsp3) is 0.875. The smallest absolute Gasteiger partial charge is 0.462 e. The van der Waals surface area contributed by atoms with Crippen molar-refractivity contribution < 1.29 is 42.1 Å². The summed E-state index contributed by atoms with van der Waals surface area (Å²) in [6, 6.07) is 0. The van der Waals surface area contributed by atoms with E-state index in [0.717, 1.165) is 0 Å². The first-order chi connectivity index (χ1) is 12.0. The van der Waals surface area contributed by atoms with Gasteiger partial charge in [-0.2, -0.15) is 0 Å². The molecule has 1 unspecified atom stereocenters. The molecule has 0 amide bonds. The van der Waals surface area contributed by atoms with Crippen LogP contribution in [0.5, 0.6) is 0 Å². The van der Waals surface area contributed by atoms with Gasteiger partial charge in [0.15, 0.2) is 6.10 Å². The number of carbonyl (C=O) groups excluding carboxylic acids is 2. The number of hydrogen-bond donors (Lipinski definition) is 1. The zero-order valence-electron chi connectivity index (χ0n) is 16.4. The van der Waals surface area contributed by atoms with Gasteiger partial charge < -0.3 is 18.9 Å². The van der Waals surface area contributed by atoms with Crippen molar-refractivity contribution in [1.29, 1.82) is 0 Å². The number of carbonyl (C=O) groups is 2. The number of rotatable bonds is 14. The number of phosphoric ester groups is 1. The maximum absolute atomic E-state index is 11.9. The molecule has 0 fully saturated rings. The van der Waals surface area contributed by atoms with E-state index in [0.29, 0.717) is 23.9 Å². The van der Waals surface area contributed by atoms with E-state index < -0.39 is 32.5 Å². The summed E-state index contributed by atoms with van der Waals surface area (Å²) in [4.78, 5) is 32.8. The number of likely N-dealkylation sites (N-methyl/N-ethyl adjacent to an activating group) is 1. The summed E-state index contributed by atoms with van der Waals surface area (Å²) in [6.07, 6.45) is 0.674. The predicted octanol–water partition coefficient (Wildman–Crippen LogP) is 1.88. The molecule has 26 heavy (non-hydrogen) atoms. The average molecular weight is 398 g/mol. The zero-order valence-corrected chi connectivity index (χ0v) is 17.3. The summed E-state index contributed by atoms with van der Waals surface area (Å²) >= 11 is 0. The van der Waals surface area contributed by atoms with Crippen LogP contribution in [0.15, 0.2) is 0 Å². The number of nitrogens with zero attached hydrogens (tertiary/aromatic N) is 1. The minimum absolute atomic E-state index is 0.0308. The third-order valence-electron chi connectivity index (χ3n) is 3.08. The number of esters is 2. The molecule has 9 nitrogen and oxygen atoms in total. The van der Waals surface area contributed by atoms with E-state index in [2.05, 4.69) is 0 Å². The third kappa shape index (κ3) is 14.2. The monoisotopic (exact) mass is 398 g/mol. The lowest BCUT2D eigenvalue weighted by molar-refractivity contribution is -0.870. The maximum Gasteiger partial charge on any atom is 0.472 e. The van der Waals surface area contributed by atoms with Crippen molar-refractivity contribution in [3.8, 4) is 0 Å². The van der Waals surface area contributed by atoms with E-state index in [1.165, 1.54) is 0 Å². The first-order valence-electron chi connectivity index (χ1n) is 8.76. The molecule has 0 spiro atoms. The molecule has 0 saturated carbocycles. The Bertz CT molecular complexity index is 477. The molecule has 0 heterocycles. The van der Waals surface area contributed by atoms with Gasteiger partial charge in [-0.1, -0.05) is 13.8 Å². The van der Waals surface area contributed by atoms with Gasteiger partial charge >= 0.3 is 19.8 Å². The van der Waals surface area contributed by atoms with Gasteiger partial charge in [0, 0.05) is 12.8 Å². The Morgan fingerprint density at radius 3 is 2.12 bits per heavy atom. The van der Waals surface area contributed by atoms with E-state index in [9.17, 15) is 19.0 Å². The number of quaternary nitrogens is 1. The summed E-state index contributed by atoms with van der Waals surface area (Å²) in [5, 5.41) is 0. The standard InChI is InChI=1S/C16H32NO8P/c1-6-8-15(18)22-12-14(25-16(19)9-7-2)13-24-26(20,21)23-11-10-17(3,4)5/h14H,6-13H2,1-5H3/p+1/t14-/m0/s1. The van der Waals surface area contributed by atoms with Crippen molar-refractivity contribution >= 4 is 19.8 Å². The number of phosphoric acid groups is 1. The van der Waals surface area contributed by atoms with E-state index in [1.54, 1.807) is 0 Å². The summed E-state index contributed by atoms with van der Waals surface area (Å²) in [5.41, 5.74) is 0. The summed E-state index contributed by atoms with van der Waals surface area (Å²) in [6.45, 7) is 3.54. The number of ether oxygens (including phenoxy) is 2. The van der Waals surface area contributed by atoms with Crippen molar-refractivity contribution in [3.63, 3.8) is 0 Å². The van der Waals surface area contributed by atoms with E-state index >= 15 is 0 Å². The minimum Gasteiger partial charge on any atom is -0.462 e. The van der Waals surface area contributed by atoms with Crippen LogP contribution in [0.4, 0.5) is 0 Å². The van der Waals surface area contributed by atoms with Gasteiger partial charge in [0.25, 0.3) is 0 Å². The number of hydrogen-bond acceptors (Lipinski definition) is 7. The van der Waals surface area contributed by atoms with Gasteiger partial charge in [0.2, 0.25) is 0 Å². The molecule has 1 N–H and O–H groups in total. The van der Waals surface area contributed by atoms with E-state index in [-0.39, 0.29) is 26.1 Å². The molecule has 0 aliphatic heterocycles. The molecule has 0 rings (SSSR count). The summed E-state index contributed by atoms with van der Waals surface area (Å²) in [5.74, 6) is -0.929. The molecular formula is C16H33NO8P+. The van der Waals surface area contributed by atoms with Gasteiger partial charge in [-0.15, -0.1) is 0 Å². The Hall–Kier alpha value is -0.990. The van der Waals surface area contributed by atoms with Crippen LogP contribution in [-0.4, -0.2) is 74.9 Å². The molecule has 10 heteroatoms. The third-order valence-corrected chi connectivity index (χ3v) is 4.06. The van der Waals surface area contributed by atoms with Crippen LogP contribution in [0, 0.1) is 0 Å². The van der Waals surface area contributed by atoms with Crippen LogP contribution in [0.25, 0.3) is 0 Å². The molecule has 0 radical (unpaired) electrons. The fourth-order valence-corrected chi connectivity index (χ4v) is 2.41. The van der Waals surface area contributed by atoms with Crippen molar-refractivity contribution in [3.05, 3.63) is 0 Å². The molecule has 0 aliphatic carbocycles. The highest BCUT2D eigenvalue weighted by Gasteiger charge is 2.26. The molecule has 0 aromatic carbocycles. The second-order valence-electron chi connectivity index (χ2n) is 6.91. The van der Waals surface area contributed by atoms with Crippen LogP contribution in [0.3, 0.4) is 0 Å². The fourth-order valence-electron chi connectivity index (χ4n) is 1.67. The first-order valence-corrected chi connectivity index (χ1v) is 10.3. The molecule has 0 bridgehead atoms. The van der Waals surface area contributed by atoms with Crippen molar-refractivity contribution in [2.45, 2.75) is 45.6 Å². The molecule has 2 atom stereocenters. The Balaban J connectivity index is 4.55. The molecular weight excluding hydrogens is 365 g/mol. The van der Waals surface area contributed by atoms with Crippen molar-refractivity contribution in [1.82, 2.24) is 0 Å². The second-order valence-corrected chi connectivity index (χ2v) is 8.36. The Morgan fingerprint density at radius 1 is 1.00 bits per heavy atom. The lowest BCUT2D eigenvalue weighted by Crippen LogP contribution is -2.37. The minimum atomic E-state index is -4.29. The second kappa shape index (κ2) is 12.4. The van der Waals surface area contributed by atoms with Crippen molar-refractivity contribution in [2.75, 3.05) is 47.5 Å². The highest BCUT2D eigenvalue weighted by Crippen LogP contribution is 2.43. The largest absolute Gasteiger partial charge is 0.472 e. The van der Waals surface area contributed by atoms with Crippen LogP contribution >= 0.6 is 7.82 Å². The van der Waals surface area contributed by atoms with Crippen molar-refractivity contribution in [2.24, 2.45) is 0 Å². The van der Waals surface area contributed by atoms with Gasteiger partial charge in [-0.25, -0.2) is 4.57 Å². The highest BCUT2D eigenvalue weighted by molar-refractivity contribution is 7.47. The van der Waals surface area contributed by atoms with E-state index in [4.69, 9.17) is 18.5 Å². The van der Waals surface area contributed by atoms with Gasteiger partial charge in [0.05, 0.1) is 27.7 Å². The van der Waals surface area contributed by atoms with Crippen LogP contribution in [0.1, 0.15) is 39.5 Å². The predicted molar refractivity (Wildman–Crippen MR) is 95.3 cm³/mol. The van der Waals surface area contributed by atoms with Gasteiger partial charge in [-0.3, -0.25) is 18.6 Å². The van der Waals surface area contributed by atoms with Crippen LogP contribution in [-0.2, 0) is 32.7 Å². The Morgan fingerprint density at radius 2 is 1.58 bits per heavy atom. The summed E-state index contributed by atoms with van der Waals surface area (Å²) in [7, 11) is 1.46. The molecule has 0 aliphatic rings. The summed E-state index contributed by atoms with van der Waals surface area (Å²) < 4.78 is 32.4. The maximum atomic E-state index is 11.9. The lowest BCUT2D eigenvalue weighted by Gasteiger charge is -2.24. The van der Waals surface area contributed by atoms with Gasteiger partial charge in [0.1, 0.15) is 19.8 Å². The Kier molecular flexibility index (Phi) is 11.9. The highest BCUT2D eigenvalue weighted by atomic mass is 31.2. The Labute approximate surface area is 155 Å². The zero-order chi connectivity index (χ0) is 20.2. The van der Waals surface area contributed by atoms with Crippen LogP contribution < -0.4 is 0 Å². The average Bonchev–Trinajstić information content (AvgIpc) is 2.49. The molecule has 154 valence electrons. The van der Waals surface area contributed by atoms with Crippen LogP contribution in [0.2, 0.25) is 0 Å². The molecule has 0 aromatic rings. The SMILES string of the molecule is CCCC(=O)OC[C@@H](COP(=O)(O)OCC[N+](C)(C)C)OC(=O)CCC. The normalized spacial score (nSPS) is 15.2.